The maximum Gasteiger partial charge on any atom is 0.219 e. The molecule has 1 amide bonds. The molecule has 0 radical (unpaired) electrons. The normalized spacial score (nSPS) is 10.2. The lowest BCUT2D eigenvalue weighted by atomic mass is 10.1. The Balaban J connectivity index is 2.05. The molecule has 0 unspecified atom stereocenters. The molecule has 3 nitrogen and oxygen atoms in total. The number of hydrogen-bond acceptors (Lipinski definition) is 3. The minimum absolute atomic E-state index is 0.0765. The van der Waals surface area contributed by atoms with E-state index in [1.54, 1.807) is 23.2 Å². The first kappa shape index (κ1) is 13.6. The van der Waals surface area contributed by atoms with Gasteiger partial charge in [0.2, 0.25) is 5.91 Å². The fourth-order valence-corrected chi connectivity index (χ4v) is 2.46. The lowest BCUT2D eigenvalue weighted by Gasteiger charge is -2.18. The Labute approximate surface area is 117 Å². The third-order valence-electron chi connectivity index (χ3n) is 3.03. The number of carbonyl (C=O) groups excluding carboxylic acids is 1. The summed E-state index contributed by atoms with van der Waals surface area (Å²) < 4.78 is 0. The van der Waals surface area contributed by atoms with Crippen molar-refractivity contribution in [1.82, 2.24) is 4.90 Å². The van der Waals surface area contributed by atoms with Crippen LogP contribution in [0.3, 0.4) is 0 Å². The Hall–Kier alpha value is -1.81. The summed E-state index contributed by atoms with van der Waals surface area (Å²) in [6, 6.07) is 10.2. The zero-order chi connectivity index (χ0) is 13.7. The second kappa shape index (κ2) is 6.38. The van der Waals surface area contributed by atoms with Gasteiger partial charge in [0.05, 0.1) is 0 Å². The van der Waals surface area contributed by atoms with Gasteiger partial charge in [0, 0.05) is 32.7 Å². The first-order valence-corrected chi connectivity index (χ1v) is 7.15. The van der Waals surface area contributed by atoms with Crippen LogP contribution in [-0.2, 0) is 17.9 Å². The number of anilines is 1. The average molecular weight is 274 g/mol. The largest absolute Gasteiger partial charge is 0.381 e. The monoisotopic (exact) mass is 274 g/mol. The Morgan fingerprint density at radius 2 is 2.11 bits per heavy atom. The molecule has 2 aromatic rings. The molecule has 0 spiro atoms. The predicted octanol–water partition coefficient (Wildman–Crippen LogP) is 3.34. The van der Waals surface area contributed by atoms with Gasteiger partial charge < -0.3 is 10.2 Å². The molecule has 0 atom stereocenters. The van der Waals surface area contributed by atoms with E-state index in [0.717, 1.165) is 17.8 Å². The third kappa shape index (κ3) is 3.83. The predicted molar refractivity (Wildman–Crippen MR) is 80.2 cm³/mol. The van der Waals surface area contributed by atoms with E-state index in [1.807, 2.05) is 19.2 Å². The summed E-state index contributed by atoms with van der Waals surface area (Å²) in [5.74, 6) is 0.0765. The van der Waals surface area contributed by atoms with E-state index in [2.05, 4.69) is 34.3 Å². The molecule has 0 saturated carbocycles. The van der Waals surface area contributed by atoms with Crippen molar-refractivity contribution >= 4 is 22.9 Å². The van der Waals surface area contributed by atoms with Crippen molar-refractivity contribution in [2.24, 2.45) is 0 Å². The van der Waals surface area contributed by atoms with Crippen molar-refractivity contribution < 1.29 is 4.79 Å². The molecule has 0 aliphatic rings. The molecule has 0 aliphatic carbocycles. The van der Waals surface area contributed by atoms with Crippen LogP contribution in [0.4, 0.5) is 5.69 Å². The van der Waals surface area contributed by atoms with Crippen LogP contribution in [0, 0.1) is 0 Å². The van der Waals surface area contributed by atoms with Crippen molar-refractivity contribution in [2.75, 3.05) is 12.4 Å². The molecule has 1 heterocycles. The van der Waals surface area contributed by atoms with Gasteiger partial charge >= 0.3 is 0 Å². The highest BCUT2D eigenvalue weighted by Crippen LogP contribution is 2.18. The zero-order valence-corrected chi connectivity index (χ0v) is 12.0. The van der Waals surface area contributed by atoms with Crippen LogP contribution in [-0.4, -0.2) is 17.9 Å². The van der Waals surface area contributed by atoms with Crippen LogP contribution in [0.1, 0.15) is 18.1 Å². The van der Waals surface area contributed by atoms with Gasteiger partial charge in [0.1, 0.15) is 0 Å². The Morgan fingerprint density at radius 3 is 2.79 bits per heavy atom. The molecule has 100 valence electrons. The molecule has 0 bridgehead atoms. The number of nitrogens with zero attached hydrogens (tertiary/aromatic N) is 1. The highest BCUT2D eigenvalue weighted by atomic mass is 32.1. The van der Waals surface area contributed by atoms with Crippen molar-refractivity contribution in [1.29, 1.82) is 0 Å². The summed E-state index contributed by atoms with van der Waals surface area (Å²) in [6.45, 7) is 3.02. The fourth-order valence-electron chi connectivity index (χ4n) is 1.79. The highest BCUT2D eigenvalue weighted by Gasteiger charge is 2.07. The molecule has 1 N–H and O–H groups in total. The minimum atomic E-state index is 0.0765. The van der Waals surface area contributed by atoms with E-state index in [0.29, 0.717) is 6.54 Å². The van der Waals surface area contributed by atoms with Crippen molar-refractivity contribution in [3.63, 3.8) is 0 Å². The number of thiophene rings is 1. The van der Waals surface area contributed by atoms with E-state index < -0.39 is 0 Å². The van der Waals surface area contributed by atoms with Crippen LogP contribution in [0.25, 0.3) is 0 Å². The molecule has 1 aromatic heterocycles. The van der Waals surface area contributed by atoms with E-state index in [1.165, 1.54) is 5.56 Å². The molecule has 4 heteroatoms. The van der Waals surface area contributed by atoms with Crippen LogP contribution in [0.15, 0.2) is 41.1 Å². The van der Waals surface area contributed by atoms with Crippen molar-refractivity contribution in [2.45, 2.75) is 20.0 Å². The second-order valence-electron chi connectivity index (χ2n) is 4.52. The number of benzene rings is 1. The molecular formula is C15H18N2OS. The standard InChI is InChI=1S/C15H18N2OS/c1-12(18)17(2)10-14-5-3-4-6-15(14)16-9-13-7-8-19-11-13/h3-8,11,16H,9-10H2,1-2H3. The Morgan fingerprint density at radius 1 is 1.32 bits per heavy atom. The van der Waals surface area contributed by atoms with Gasteiger partial charge in [-0.15, -0.1) is 0 Å². The Bertz CT molecular complexity index is 537. The number of carbonyl (C=O) groups is 1. The number of para-hydroxylation sites is 1. The average Bonchev–Trinajstić information content (AvgIpc) is 2.90. The maximum atomic E-state index is 11.3. The van der Waals surface area contributed by atoms with Crippen LogP contribution in [0.5, 0.6) is 0 Å². The molecular weight excluding hydrogens is 256 g/mol. The number of hydrogen-bond donors (Lipinski definition) is 1. The molecule has 2 rings (SSSR count). The van der Waals surface area contributed by atoms with E-state index in [4.69, 9.17) is 0 Å². The van der Waals surface area contributed by atoms with Gasteiger partial charge in [-0.05, 0) is 34.0 Å². The van der Waals surface area contributed by atoms with Gasteiger partial charge in [-0.1, -0.05) is 18.2 Å². The summed E-state index contributed by atoms with van der Waals surface area (Å²) in [6.07, 6.45) is 0. The number of nitrogens with one attached hydrogen (secondary N) is 1. The maximum absolute atomic E-state index is 11.3. The Kier molecular flexibility index (Phi) is 4.58. The van der Waals surface area contributed by atoms with Gasteiger partial charge in [-0.2, -0.15) is 11.3 Å². The lowest BCUT2D eigenvalue weighted by molar-refractivity contribution is -0.128. The molecule has 19 heavy (non-hydrogen) atoms. The van der Waals surface area contributed by atoms with Crippen LogP contribution >= 0.6 is 11.3 Å². The van der Waals surface area contributed by atoms with Gasteiger partial charge in [0.15, 0.2) is 0 Å². The third-order valence-corrected chi connectivity index (χ3v) is 3.76. The zero-order valence-electron chi connectivity index (χ0n) is 11.2. The summed E-state index contributed by atoms with van der Waals surface area (Å²) in [5.41, 5.74) is 3.50. The summed E-state index contributed by atoms with van der Waals surface area (Å²) in [5, 5.41) is 7.64. The van der Waals surface area contributed by atoms with Crippen LogP contribution < -0.4 is 5.32 Å². The summed E-state index contributed by atoms with van der Waals surface area (Å²) >= 11 is 1.70. The van der Waals surface area contributed by atoms with E-state index in [9.17, 15) is 4.79 Å². The highest BCUT2D eigenvalue weighted by molar-refractivity contribution is 7.07. The topological polar surface area (TPSA) is 32.3 Å². The number of rotatable bonds is 5. The van der Waals surface area contributed by atoms with Crippen LogP contribution in [0.2, 0.25) is 0 Å². The first-order valence-electron chi connectivity index (χ1n) is 6.21. The number of amides is 1. The first-order chi connectivity index (χ1) is 9.16. The molecule has 1 aromatic carbocycles. The second-order valence-corrected chi connectivity index (χ2v) is 5.30. The quantitative estimate of drug-likeness (QED) is 0.907. The molecule has 0 fully saturated rings. The van der Waals surface area contributed by atoms with Crippen molar-refractivity contribution in [3.05, 3.63) is 52.2 Å². The van der Waals surface area contributed by atoms with Gasteiger partial charge in [-0.25, -0.2) is 0 Å². The smallest absolute Gasteiger partial charge is 0.219 e. The molecule has 0 saturated heterocycles. The summed E-state index contributed by atoms with van der Waals surface area (Å²) in [4.78, 5) is 13.0. The van der Waals surface area contributed by atoms with Crippen molar-refractivity contribution in [3.8, 4) is 0 Å². The SMILES string of the molecule is CC(=O)N(C)Cc1ccccc1NCc1ccsc1. The van der Waals surface area contributed by atoms with E-state index >= 15 is 0 Å². The lowest BCUT2D eigenvalue weighted by Crippen LogP contribution is -2.23. The van der Waals surface area contributed by atoms with E-state index in [-0.39, 0.29) is 5.91 Å². The van der Waals surface area contributed by atoms with Gasteiger partial charge in [0.25, 0.3) is 0 Å². The minimum Gasteiger partial charge on any atom is -0.381 e. The summed E-state index contributed by atoms with van der Waals surface area (Å²) in [7, 11) is 1.82. The van der Waals surface area contributed by atoms with Gasteiger partial charge in [-0.3, -0.25) is 4.79 Å². The fraction of sp³-hybridized carbons (Fsp3) is 0.267. The molecule has 0 aliphatic heterocycles.